The highest BCUT2D eigenvalue weighted by Gasteiger charge is 2.38. The Morgan fingerprint density at radius 3 is 2.83 bits per heavy atom. The molecule has 0 bridgehead atoms. The standard InChI is InChI=1S/C20H24N2O2/c1-3-13(12-23)14-10-18-20-16(8-9-21(18)2)15-6-4-5-7-17(15)22(20)19(24)11-14/h3-7,12,14,18-19,24H,8-11H2,1-2H3/b13-3-. The highest BCUT2D eigenvalue weighted by molar-refractivity contribution is 5.86. The van der Waals surface area contributed by atoms with E-state index >= 15 is 0 Å². The third kappa shape index (κ3) is 2.17. The maximum atomic E-state index is 11.5. The molecule has 0 saturated carbocycles. The smallest absolute Gasteiger partial charge is 0.145 e. The number of aromatic nitrogens is 1. The fraction of sp³-hybridized carbons (Fsp3) is 0.450. The normalized spacial score (nSPS) is 27.8. The molecule has 1 N–H and O–H groups in total. The van der Waals surface area contributed by atoms with Gasteiger partial charge in [-0.05, 0) is 56.4 Å². The molecule has 2 aromatic rings. The van der Waals surface area contributed by atoms with Gasteiger partial charge in [-0.1, -0.05) is 24.3 Å². The van der Waals surface area contributed by atoms with E-state index < -0.39 is 6.23 Å². The molecule has 2 aliphatic rings. The number of fused-ring (bicyclic) bond motifs is 3. The van der Waals surface area contributed by atoms with E-state index in [4.69, 9.17) is 0 Å². The molecule has 0 radical (unpaired) electrons. The van der Waals surface area contributed by atoms with Gasteiger partial charge in [-0.2, -0.15) is 0 Å². The number of aliphatic hydroxyl groups is 1. The van der Waals surface area contributed by atoms with E-state index in [9.17, 15) is 9.90 Å². The molecule has 0 spiro atoms. The minimum atomic E-state index is -0.588. The highest BCUT2D eigenvalue weighted by atomic mass is 16.3. The lowest BCUT2D eigenvalue weighted by molar-refractivity contribution is -0.105. The molecular weight excluding hydrogens is 300 g/mol. The van der Waals surface area contributed by atoms with Crippen molar-refractivity contribution in [3.63, 3.8) is 0 Å². The molecule has 1 aromatic heterocycles. The summed E-state index contributed by atoms with van der Waals surface area (Å²) < 4.78 is 2.13. The maximum Gasteiger partial charge on any atom is 0.145 e. The van der Waals surface area contributed by atoms with Crippen molar-refractivity contribution in [2.45, 2.75) is 38.5 Å². The number of carbonyl (C=O) groups excluding carboxylic acids is 1. The van der Waals surface area contributed by atoms with Crippen LogP contribution < -0.4 is 0 Å². The van der Waals surface area contributed by atoms with Crippen molar-refractivity contribution < 1.29 is 9.90 Å². The summed E-state index contributed by atoms with van der Waals surface area (Å²) >= 11 is 0. The number of para-hydroxylation sites is 1. The van der Waals surface area contributed by atoms with Crippen LogP contribution in [0.3, 0.4) is 0 Å². The number of likely N-dealkylation sites (N-methyl/N-ethyl adjacent to an activating group) is 1. The molecule has 4 rings (SSSR count). The number of aliphatic hydroxyl groups excluding tert-OH is 1. The lowest BCUT2D eigenvalue weighted by Gasteiger charge is -2.34. The van der Waals surface area contributed by atoms with Crippen molar-refractivity contribution in [3.05, 3.63) is 47.2 Å². The second-order valence-corrected chi connectivity index (χ2v) is 7.05. The fourth-order valence-corrected chi connectivity index (χ4v) is 4.64. The quantitative estimate of drug-likeness (QED) is 0.681. The van der Waals surface area contributed by atoms with Gasteiger partial charge in [0.15, 0.2) is 0 Å². The van der Waals surface area contributed by atoms with Crippen LogP contribution in [0.15, 0.2) is 35.9 Å². The van der Waals surface area contributed by atoms with Gasteiger partial charge in [-0.3, -0.25) is 9.69 Å². The Kier molecular flexibility index (Phi) is 3.82. The van der Waals surface area contributed by atoms with E-state index in [1.807, 2.05) is 19.1 Å². The molecule has 0 saturated heterocycles. The first-order valence-electron chi connectivity index (χ1n) is 8.77. The summed E-state index contributed by atoms with van der Waals surface area (Å²) in [5.41, 5.74) is 4.55. The van der Waals surface area contributed by atoms with Crippen molar-refractivity contribution in [1.29, 1.82) is 0 Å². The molecule has 4 nitrogen and oxygen atoms in total. The number of rotatable bonds is 2. The molecule has 126 valence electrons. The van der Waals surface area contributed by atoms with Crippen molar-refractivity contribution in [2.75, 3.05) is 13.6 Å². The van der Waals surface area contributed by atoms with Gasteiger partial charge in [0.2, 0.25) is 0 Å². The van der Waals surface area contributed by atoms with Gasteiger partial charge in [-0.15, -0.1) is 0 Å². The second kappa shape index (κ2) is 5.87. The molecule has 4 heteroatoms. The van der Waals surface area contributed by atoms with E-state index in [0.717, 1.165) is 36.8 Å². The lowest BCUT2D eigenvalue weighted by Crippen LogP contribution is -2.33. The molecule has 0 fully saturated rings. The minimum Gasteiger partial charge on any atom is -0.373 e. The Balaban J connectivity index is 1.93. The molecule has 3 unspecified atom stereocenters. The van der Waals surface area contributed by atoms with Crippen molar-refractivity contribution in [2.24, 2.45) is 5.92 Å². The number of benzene rings is 1. The number of hydrogen-bond donors (Lipinski definition) is 1. The molecule has 3 atom stereocenters. The van der Waals surface area contributed by atoms with E-state index in [-0.39, 0.29) is 12.0 Å². The van der Waals surface area contributed by atoms with Crippen LogP contribution in [0.2, 0.25) is 0 Å². The summed E-state index contributed by atoms with van der Waals surface area (Å²) in [6.07, 6.45) is 4.75. The van der Waals surface area contributed by atoms with E-state index in [1.165, 1.54) is 16.6 Å². The second-order valence-electron chi connectivity index (χ2n) is 7.05. The molecule has 3 heterocycles. The van der Waals surface area contributed by atoms with Crippen molar-refractivity contribution in [3.8, 4) is 0 Å². The number of carbonyl (C=O) groups is 1. The van der Waals surface area contributed by atoms with Gasteiger partial charge < -0.3 is 9.67 Å². The van der Waals surface area contributed by atoms with Crippen LogP contribution in [0.1, 0.15) is 43.3 Å². The predicted molar refractivity (Wildman–Crippen MR) is 94.8 cm³/mol. The van der Waals surface area contributed by atoms with Crippen molar-refractivity contribution in [1.82, 2.24) is 9.47 Å². The molecule has 1 aromatic carbocycles. The SMILES string of the molecule is C/C=C(/C=O)C1CC2c3c(c4ccccc4n3C(O)C1)CCN2C. The Bertz CT molecular complexity index is 820. The zero-order valence-corrected chi connectivity index (χ0v) is 14.3. The molecule has 0 amide bonds. The Hall–Kier alpha value is -1.91. The number of allylic oxidation sites excluding steroid dienone is 2. The third-order valence-corrected chi connectivity index (χ3v) is 5.86. The summed E-state index contributed by atoms with van der Waals surface area (Å²) in [5.74, 6) is 0.0968. The van der Waals surface area contributed by atoms with E-state index in [2.05, 4.69) is 34.7 Å². The van der Waals surface area contributed by atoms with Crippen LogP contribution in [0.5, 0.6) is 0 Å². The first-order valence-corrected chi connectivity index (χ1v) is 8.77. The first-order chi connectivity index (χ1) is 11.7. The fourth-order valence-electron chi connectivity index (χ4n) is 4.64. The Morgan fingerprint density at radius 1 is 1.29 bits per heavy atom. The van der Waals surface area contributed by atoms with Gasteiger partial charge in [0.1, 0.15) is 12.5 Å². The summed E-state index contributed by atoms with van der Waals surface area (Å²) in [6, 6.07) is 8.63. The van der Waals surface area contributed by atoms with Crippen LogP contribution in [-0.4, -0.2) is 34.5 Å². The van der Waals surface area contributed by atoms with Gasteiger partial charge in [0, 0.05) is 17.6 Å². The Labute approximate surface area is 142 Å². The average Bonchev–Trinajstić information content (AvgIpc) is 2.84. The topological polar surface area (TPSA) is 45.5 Å². The van der Waals surface area contributed by atoms with Crippen LogP contribution in [0, 0.1) is 5.92 Å². The number of nitrogens with zero attached hydrogens (tertiary/aromatic N) is 2. The van der Waals surface area contributed by atoms with Gasteiger partial charge in [-0.25, -0.2) is 0 Å². The first kappa shape index (κ1) is 15.6. The summed E-state index contributed by atoms with van der Waals surface area (Å²) in [5, 5.41) is 12.3. The van der Waals surface area contributed by atoms with Crippen LogP contribution in [0.25, 0.3) is 10.9 Å². The molecular formula is C20H24N2O2. The summed E-state index contributed by atoms with van der Waals surface area (Å²) in [7, 11) is 2.15. The largest absolute Gasteiger partial charge is 0.373 e. The lowest BCUT2D eigenvalue weighted by atomic mass is 9.86. The summed E-state index contributed by atoms with van der Waals surface area (Å²) in [6.45, 7) is 2.92. The highest BCUT2D eigenvalue weighted by Crippen LogP contribution is 2.46. The summed E-state index contributed by atoms with van der Waals surface area (Å²) in [4.78, 5) is 13.8. The monoisotopic (exact) mass is 324 g/mol. The van der Waals surface area contributed by atoms with Crippen LogP contribution in [-0.2, 0) is 11.2 Å². The predicted octanol–water partition coefficient (Wildman–Crippen LogP) is 3.22. The van der Waals surface area contributed by atoms with E-state index in [0.29, 0.717) is 6.42 Å². The van der Waals surface area contributed by atoms with Crippen LogP contribution >= 0.6 is 0 Å². The Morgan fingerprint density at radius 2 is 2.08 bits per heavy atom. The third-order valence-electron chi connectivity index (χ3n) is 5.86. The zero-order chi connectivity index (χ0) is 16.8. The van der Waals surface area contributed by atoms with Gasteiger partial charge >= 0.3 is 0 Å². The minimum absolute atomic E-state index is 0.0968. The van der Waals surface area contributed by atoms with Gasteiger partial charge in [0.25, 0.3) is 0 Å². The molecule has 2 aliphatic heterocycles. The molecule has 0 aliphatic carbocycles. The van der Waals surface area contributed by atoms with E-state index in [1.54, 1.807) is 0 Å². The number of hydrogen-bond acceptors (Lipinski definition) is 3. The van der Waals surface area contributed by atoms with Gasteiger partial charge in [0.05, 0.1) is 11.6 Å². The maximum absolute atomic E-state index is 11.5. The molecule has 24 heavy (non-hydrogen) atoms. The average molecular weight is 324 g/mol. The van der Waals surface area contributed by atoms with Crippen LogP contribution in [0.4, 0.5) is 0 Å². The zero-order valence-electron chi connectivity index (χ0n) is 14.3. The number of aldehydes is 1. The van der Waals surface area contributed by atoms with Crippen molar-refractivity contribution >= 4 is 17.2 Å².